The number of fused-ring (bicyclic) bond motifs is 1. The molecule has 0 radical (unpaired) electrons. The SMILES string of the molecule is O=C(NC[C@H](c1ccccc1)c1c[nH]c2ccccc12)[C@@H]1CC(=O)N(C2CC2)C1. The Morgan fingerprint density at radius 3 is 2.66 bits per heavy atom. The Kier molecular flexibility index (Phi) is 4.58. The summed E-state index contributed by atoms with van der Waals surface area (Å²) in [5.74, 6) is -0.0680. The monoisotopic (exact) mass is 387 g/mol. The molecule has 0 spiro atoms. The predicted octanol–water partition coefficient (Wildman–Crippen LogP) is 3.43. The standard InChI is InChI=1S/C24H25N3O2/c28-23-12-17(15-27(23)18-10-11-18)24(29)26-13-20(16-6-2-1-3-7-16)21-14-25-22-9-5-4-8-19(21)22/h1-9,14,17-18,20,25H,10-13,15H2,(H,26,29)/t17-,20-/m1/s1. The zero-order valence-electron chi connectivity index (χ0n) is 16.3. The van der Waals surface area contributed by atoms with Gasteiger partial charge in [0.15, 0.2) is 0 Å². The molecule has 5 heteroatoms. The first kappa shape index (κ1) is 18.0. The number of aromatic amines is 1. The number of hydrogen-bond acceptors (Lipinski definition) is 2. The minimum atomic E-state index is -0.234. The van der Waals surface area contributed by atoms with Crippen molar-refractivity contribution in [3.05, 3.63) is 71.9 Å². The minimum Gasteiger partial charge on any atom is -0.361 e. The molecule has 1 saturated heterocycles. The largest absolute Gasteiger partial charge is 0.361 e. The van der Waals surface area contributed by atoms with Crippen molar-refractivity contribution in [3.63, 3.8) is 0 Å². The smallest absolute Gasteiger partial charge is 0.225 e. The Hall–Kier alpha value is -3.08. The van der Waals surface area contributed by atoms with E-state index in [4.69, 9.17) is 0 Å². The lowest BCUT2D eigenvalue weighted by Crippen LogP contribution is -2.36. The normalized spacial score (nSPS) is 20.2. The van der Waals surface area contributed by atoms with E-state index in [0.29, 0.717) is 25.6 Å². The summed E-state index contributed by atoms with van der Waals surface area (Å²) in [5.41, 5.74) is 3.44. The van der Waals surface area contributed by atoms with Gasteiger partial charge in [-0.05, 0) is 30.0 Å². The molecule has 2 aromatic carbocycles. The van der Waals surface area contributed by atoms with Crippen LogP contribution in [-0.4, -0.2) is 40.8 Å². The second-order valence-corrected chi connectivity index (χ2v) is 8.18. The maximum atomic E-state index is 12.9. The van der Waals surface area contributed by atoms with Crippen LogP contribution in [-0.2, 0) is 9.59 Å². The second-order valence-electron chi connectivity index (χ2n) is 8.18. The molecule has 3 aromatic rings. The van der Waals surface area contributed by atoms with Crippen molar-refractivity contribution in [2.45, 2.75) is 31.2 Å². The van der Waals surface area contributed by atoms with Crippen LogP contribution in [0.1, 0.15) is 36.3 Å². The predicted molar refractivity (Wildman–Crippen MR) is 112 cm³/mol. The molecule has 29 heavy (non-hydrogen) atoms. The molecule has 2 amide bonds. The van der Waals surface area contributed by atoms with Gasteiger partial charge in [-0.1, -0.05) is 48.5 Å². The van der Waals surface area contributed by atoms with E-state index in [-0.39, 0.29) is 23.7 Å². The molecule has 2 N–H and O–H groups in total. The summed E-state index contributed by atoms with van der Waals surface area (Å²) in [5, 5.41) is 4.32. The van der Waals surface area contributed by atoms with Gasteiger partial charge in [-0.15, -0.1) is 0 Å². The van der Waals surface area contributed by atoms with Crippen molar-refractivity contribution >= 4 is 22.7 Å². The number of likely N-dealkylation sites (tertiary alicyclic amines) is 1. The van der Waals surface area contributed by atoms with E-state index in [1.165, 1.54) is 16.5 Å². The summed E-state index contributed by atoms with van der Waals surface area (Å²) < 4.78 is 0. The Bertz CT molecular complexity index is 1040. The third kappa shape index (κ3) is 3.53. The first-order valence-electron chi connectivity index (χ1n) is 10.4. The molecule has 2 atom stereocenters. The maximum Gasteiger partial charge on any atom is 0.225 e. The van der Waals surface area contributed by atoms with Crippen molar-refractivity contribution in [3.8, 4) is 0 Å². The minimum absolute atomic E-state index is 0.0118. The number of carbonyl (C=O) groups excluding carboxylic acids is 2. The summed E-state index contributed by atoms with van der Waals surface area (Å²) in [6.07, 6.45) is 4.54. The highest BCUT2D eigenvalue weighted by molar-refractivity contribution is 5.90. The number of amides is 2. The fraction of sp³-hybridized carbons (Fsp3) is 0.333. The third-order valence-corrected chi connectivity index (χ3v) is 6.20. The van der Waals surface area contributed by atoms with Gasteiger partial charge < -0.3 is 15.2 Å². The lowest BCUT2D eigenvalue weighted by Gasteiger charge is -2.20. The number of H-pyrrole nitrogens is 1. The van der Waals surface area contributed by atoms with Gasteiger partial charge in [-0.25, -0.2) is 0 Å². The summed E-state index contributed by atoms with van der Waals surface area (Å²) in [4.78, 5) is 30.3. The average Bonchev–Trinajstić information content (AvgIpc) is 3.39. The summed E-state index contributed by atoms with van der Waals surface area (Å²) in [6, 6.07) is 18.9. The lowest BCUT2D eigenvalue weighted by atomic mass is 9.90. The number of nitrogens with one attached hydrogen (secondary N) is 2. The molecule has 2 heterocycles. The number of para-hydroxylation sites is 1. The van der Waals surface area contributed by atoms with Crippen LogP contribution < -0.4 is 5.32 Å². The Morgan fingerprint density at radius 2 is 1.86 bits per heavy atom. The van der Waals surface area contributed by atoms with E-state index in [2.05, 4.69) is 34.6 Å². The van der Waals surface area contributed by atoms with Gasteiger partial charge in [0.2, 0.25) is 11.8 Å². The summed E-state index contributed by atoms with van der Waals surface area (Å²) in [6.45, 7) is 1.08. The van der Waals surface area contributed by atoms with Crippen molar-refractivity contribution in [1.82, 2.24) is 15.2 Å². The topological polar surface area (TPSA) is 65.2 Å². The van der Waals surface area contributed by atoms with E-state index in [1.807, 2.05) is 41.4 Å². The molecule has 2 aliphatic rings. The molecule has 1 aliphatic heterocycles. The van der Waals surface area contributed by atoms with Gasteiger partial charge in [0.1, 0.15) is 0 Å². The quantitative estimate of drug-likeness (QED) is 0.681. The van der Waals surface area contributed by atoms with Crippen LogP contribution in [0.25, 0.3) is 10.9 Å². The molecule has 5 nitrogen and oxygen atoms in total. The highest BCUT2D eigenvalue weighted by Gasteiger charge is 2.41. The molecule has 148 valence electrons. The number of carbonyl (C=O) groups is 2. The highest BCUT2D eigenvalue weighted by Crippen LogP contribution is 2.33. The Labute approximate surface area is 170 Å². The molecular formula is C24H25N3O2. The van der Waals surface area contributed by atoms with Crippen LogP contribution in [0, 0.1) is 5.92 Å². The van der Waals surface area contributed by atoms with Gasteiger partial charge in [-0.3, -0.25) is 9.59 Å². The number of nitrogens with zero attached hydrogens (tertiary/aromatic N) is 1. The van der Waals surface area contributed by atoms with Crippen molar-refractivity contribution in [2.75, 3.05) is 13.1 Å². The van der Waals surface area contributed by atoms with E-state index in [0.717, 1.165) is 18.4 Å². The van der Waals surface area contributed by atoms with Crippen LogP contribution in [0.2, 0.25) is 0 Å². The molecule has 0 unspecified atom stereocenters. The Balaban J connectivity index is 1.35. The molecule has 1 aliphatic carbocycles. The summed E-state index contributed by atoms with van der Waals surface area (Å²) >= 11 is 0. The van der Waals surface area contributed by atoms with Crippen molar-refractivity contribution < 1.29 is 9.59 Å². The van der Waals surface area contributed by atoms with Gasteiger partial charge in [0, 0.05) is 48.6 Å². The van der Waals surface area contributed by atoms with Gasteiger partial charge in [0.05, 0.1) is 5.92 Å². The molecule has 1 saturated carbocycles. The van der Waals surface area contributed by atoms with Crippen LogP contribution in [0.5, 0.6) is 0 Å². The average molecular weight is 387 g/mol. The van der Waals surface area contributed by atoms with E-state index < -0.39 is 0 Å². The first-order valence-corrected chi connectivity index (χ1v) is 10.4. The van der Waals surface area contributed by atoms with E-state index >= 15 is 0 Å². The second kappa shape index (κ2) is 7.39. The fourth-order valence-electron chi connectivity index (χ4n) is 4.47. The third-order valence-electron chi connectivity index (χ3n) is 6.20. The first-order chi connectivity index (χ1) is 14.2. The zero-order valence-corrected chi connectivity index (χ0v) is 16.3. The maximum absolute atomic E-state index is 12.9. The number of hydrogen-bond donors (Lipinski definition) is 2. The zero-order chi connectivity index (χ0) is 19.8. The van der Waals surface area contributed by atoms with Crippen LogP contribution in [0.4, 0.5) is 0 Å². The van der Waals surface area contributed by atoms with Gasteiger partial charge >= 0.3 is 0 Å². The molecule has 1 aromatic heterocycles. The highest BCUT2D eigenvalue weighted by atomic mass is 16.2. The fourth-order valence-corrected chi connectivity index (χ4v) is 4.47. The molecule has 0 bridgehead atoms. The lowest BCUT2D eigenvalue weighted by molar-refractivity contribution is -0.129. The van der Waals surface area contributed by atoms with Gasteiger partial charge in [0.25, 0.3) is 0 Å². The summed E-state index contributed by atoms with van der Waals surface area (Å²) in [7, 11) is 0. The molecule has 2 fully saturated rings. The molecule has 5 rings (SSSR count). The van der Waals surface area contributed by atoms with Gasteiger partial charge in [-0.2, -0.15) is 0 Å². The van der Waals surface area contributed by atoms with E-state index in [9.17, 15) is 9.59 Å². The van der Waals surface area contributed by atoms with Crippen LogP contribution in [0.3, 0.4) is 0 Å². The number of benzene rings is 2. The Morgan fingerprint density at radius 1 is 1.10 bits per heavy atom. The van der Waals surface area contributed by atoms with Crippen LogP contribution >= 0.6 is 0 Å². The number of rotatable bonds is 6. The van der Waals surface area contributed by atoms with Crippen LogP contribution in [0.15, 0.2) is 60.8 Å². The van der Waals surface area contributed by atoms with E-state index in [1.54, 1.807) is 0 Å². The molecular weight excluding hydrogens is 362 g/mol. The number of aromatic nitrogens is 1. The van der Waals surface area contributed by atoms with Crippen molar-refractivity contribution in [2.24, 2.45) is 5.92 Å². The van der Waals surface area contributed by atoms with Crippen molar-refractivity contribution in [1.29, 1.82) is 0 Å².